The van der Waals surface area contributed by atoms with E-state index < -0.39 is 0 Å². The summed E-state index contributed by atoms with van der Waals surface area (Å²) >= 11 is 12.3. The average Bonchev–Trinajstić information content (AvgIpc) is 3.05. The fraction of sp³-hybridized carbons (Fsp3) is 0.300. The van der Waals surface area contributed by atoms with Crippen LogP contribution in [0.5, 0.6) is 5.75 Å². The van der Waals surface area contributed by atoms with Crippen LogP contribution in [0.1, 0.15) is 0 Å². The van der Waals surface area contributed by atoms with Gasteiger partial charge in [-0.3, -0.25) is 4.57 Å². The van der Waals surface area contributed by atoms with Crippen LogP contribution in [-0.4, -0.2) is 47.8 Å². The Morgan fingerprint density at radius 1 is 1.14 bits per heavy atom. The van der Waals surface area contributed by atoms with Crippen molar-refractivity contribution >= 4 is 23.8 Å². The van der Waals surface area contributed by atoms with E-state index in [0.717, 1.165) is 49.1 Å². The van der Waals surface area contributed by atoms with E-state index >= 15 is 0 Å². The molecule has 6 nitrogen and oxygen atoms in total. The zero-order valence-corrected chi connectivity index (χ0v) is 17.2. The lowest BCUT2D eigenvalue weighted by molar-refractivity contribution is -0.930. The Morgan fingerprint density at radius 2 is 1.86 bits per heavy atom. The number of nitrogens with one attached hydrogen (secondary N) is 1. The van der Waals surface area contributed by atoms with Crippen molar-refractivity contribution in [1.82, 2.24) is 14.3 Å². The van der Waals surface area contributed by atoms with Crippen LogP contribution in [0.15, 0.2) is 48.5 Å². The topological polar surface area (TPSA) is 45.7 Å². The lowest BCUT2D eigenvalue weighted by Gasteiger charge is -2.23. The largest absolute Gasteiger partial charge is 0.497 e. The summed E-state index contributed by atoms with van der Waals surface area (Å²) < 4.78 is 15.2. The molecule has 0 atom stereocenters. The van der Waals surface area contributed by atoms with Crippen LogP contribution < -0.4 is 9.64 Å². The molecule has 2 heterocycles. The molecule has 0 aliphatic carbocycles. The minimum Gasteiger partial charge on any atom is -0.497 e. The van der Waals surface area contributed by atoms with Gasteiger partial charge in [-0.2, -0.15) is 4.68 Å². The molecule has 1 aromatic heterocycles. The van der Waals surface area contributed by atoms with E-state index in [1.54, 1.807) is 7.11 Å². The summed E-state index contributed by atoms with van der Waals surface area (Å²) in [6, 6.07) is 15.5. The van der Waals surface area contributed by atoms with E-state index in [1.807, 2.05) is 57.8 Å². The number of halogens is 1. The Balaban J connectivity index is 1.81. The van der Waals surface area contributed by atoms with Gasteiger partial charge in [-0.25, -0.2) is 0 Å². The molecule has 2 aromatic carbocycles. The van der Waals surface area contributed by atoms with Crippen LogP contribution in [0.4, 0.5) is 0 Å². The van der Waals surface area contributed by atoms with Crippen LogP contribution in [0.3, 0.4) is 0 Å². The van der Waals surface area contributed by atoms with Gasteiger partial charge in [0.25, 0.3) is 0 Å². The van der Waals surface area contributed by atoms with Crippen LogP contribution in [0.25, 0.3) is 17.1 Å². The van der Waals surface area contributed by atoms with E-state index in [9.17, 15) is 0 Å². The number of nitrogens with zero attached hydrogens (tertiary/aromatic N) is 3. The number of morpholine rings is 1. The molecule has 3 aromatic rings. The number of benzene rings is 2. The smallest absolute Gasteiger partial charge is 0.207 e. The van der Waals surface area contributed by atoms with Crippen molar-refractivity contribution < 1.29 is 14.4 Å². The molecule has 8 heteroatoms. The van der Waals surface area contributed by atoms with E-state index in [0.29, 0.717) is 16.5 Å². The molecule has 1 fully saturated rings. The summed E-state index contributed by atoms with van der Waals surface area (Å²) in [6.45, 7) is 4.11. The third-order valence-corrected chi connectivity index (χ3v) is 5.58. The van der Waals surface area contributed by atoms with Crippen LogP contribution in [0, 0.1) is 4.77 Å². The number of ether oxygens (including phenoxy) is 2. The van der Waals surface area contributed by atoms with Crippen molar-refractivity contribution in [2.24, 2.45) is 0 Å². The molecule has 0 radical (unpaired) electrons. The van der Waals surface area contributed by atoms with Gasteiger partial charge in [0, 0.05) is 5.56 Å². The maximum Gasteiger partial charge on any atom is 0.207 e. The van der Waals surface area contributed by atoms with Gasteiger partial charge in [0.1, 0.15) is 18.8 Å². The second-order valence-electron chi connectivity index (χ2n) is 6.64. The first-order valence-electron chi connectivity index (χ1n) is 9.18. The molecule has 4 rings (SSSR count). The van der Waals surface area contributed by atoms with Gasteiger partial charge in [-0.15, -0.1) is 5.10 Å². The molecule has 0 unspecified atom stereocenters. The average molecular weight is 418 g/mol. The van der Waals surface area contributed by atoms with Crippen LogP contribution in [0.2, 0.25) is 5.02 Å². The van der Waals surface area contributed by atoms with Crippen molar-refractivity contribution in [3.8, 4) is 22.8 Å². The first kappa shape index (κ1) is 19.1. The number of hydrogen-bond donors (Lipinski definition) is 1. The van der Waals surface area contributed by atoms with Crippen LogP contribution in [-0.2, 0) is 11.4 Å². The van der Waals surface area contributed by atoms with Crippen molar-refractivity contribution in [3.63, 3.8) is 0 Å². The third kappa shape index (κ3) is 3.84. The Bertz CT molecular complexity index is 1010. The Hall–Kier alpha value is -2.19. The van der Waals surface area contributed by atoms with Gasteiger partial charge >= 0.3 is 0 Å². The molecule has 0 amide bonds. The standard InChI is InChI=1S/C20H21ClN4O2S/c1-26-16-8-6-15(7-9-16)25-19(17-4-2-3-5-18(17)21)22-24(20(25)28)14-23-10-12-27-13-11-23/h2-9H,10-14H2,1H3/p+1. The zero-order valence-electron chi connectivity index (χ0n) is 15.6. The SMILES string of the molecule is COc1ccc(-n2c(-c3ccccc3Cl)nn(C[NH+]3CCOCC3)c2=S)cc1. The van der Waals surface area contributed by atoms with Gasteiger partial charge < -0.3 is 14.4 Å². The predicted molar refractivity (Wildman–Crippen MR) is 111 cm³/mol. The highest BCUT2D eigenvalue weighted by Gasteiger charge is 2.20. The van der Waals surface area contributed by atoms with Gasteiger partial charge in [-0.05, 0) is 48.6 Å². The van der Waals surface area contributed by atoms with E-state index in [2.05, 4.69) is 0 Å². The summed E-state index contributed by atoms with van der Waals surface area (Å²) in [5, 5.41) is 5.49. The Morgan fingerprint density at radius 3 is 2.54 bits per heavy atom. The first-order valence-corrected chi connectivity index (χ1v) is 9.96. The number of quaternary nitrogens is 1. The Labute approximate surface area is 173 Å². The second-order valence-corrected chi connectivity index (χ2v) is 7.41. The molecule has 0 spiro atoms. The fourth-order valence-corrected chi connectivity index (χ4v) is 3.84. The van der Waals surface area contributed by atoms with Crippen molar-refractivity contribution in [2.45, 2.75) is 6.67 Å². The molecule has 0 bridgehead atoms. The van der Waals surface area contributed by atoms with Crippen molar-refractivity contribution in [1.29, 1.82) is 0 Å². The van der Waals surface area contributed by atoms with E-state index in [-0.39, 0.29) is 0 Å². The summed E-state index contributed by atoms with van der Waals surface area (Å²) in [7, 11) is 1.65. The molecular formula is C20H22ClN4O2S+. The molecule has 1 saturated heterocycles. The molecule has 1 aliphatic heterocycles. The zero-order chi connectivity index (χ0) is 19.5. The predicted octanol–water partition coefficient (Wildman–Crippen LogP) is 2.60. The van der Waals surface area contributed by atoms with Crippen molar-refractivity contribution in [3.05, 3.63) is 58.3 Å². The quantitative estimate of drug-likeness (QED) is 0.648. The first-order chi connectivity index (χ1) is 13.7. The van der Waals surface area contributed by atoms with Gasteiger partial charge in [0.2, 0.25) is 4.77 Å². The summed E-state index contributed by atoms with van der Waals surface area (Å²) in [6.07, 6.45) is 0. The highest BCUT2D eigenvalue weighted by atomic mass is 35.5. The van der Waals surface area contributed by atoms with Crippen LogP contribution >= 0.6 is 23.8 Å². The normalized spacial score (nSPS) is 14.9. The highest BCUT2D eigenvalue weighted by Crippen LogP contribution is 2.29. The number of rotatable bonds is 5. The monoisotopic (exact) mass is 417 g/mol. The maximum atomic E-state index is 6.48. The lowest BCUT2D eigenvalue weighted by atomic mass is 10.2. The minimum atomic E-state index is 0.638. The molecule has 1 N–H and O–H groups in total. The highest BCUT2D eigenvalue weighted by molar-refractivity contribution is 7.71. The number of methoxy groups -OCH3 is 1. The minimum absolute atomic E-state index is 0.638. The van der Waals surface area contributed by atoms with Crippen molar-refractivity contribution in [2.75, 3.05) is 33.4 Å². The second kappa shape index (κ2) is 8.45. The van der Waals surface area contributed by atoms with E-state index in [4.69, 9.17) is 38.4 Å². The summed E-state index contributed by atoms with van der Waals surface area (Å²) in [5.74, 6) is 1.52. The van der Waals surface area contributed by atoms with E-state index in [1.165, 1.54) is 4.90 Å². The molecule has 0 saturated carbocycles. The van der Waals surface area contributed by atoms with Gasteiger partial charge in [-0.1, -0.05) is 23.7 Å². The Kier molecular flexibility index (Phi) is 5.77. The number of aromatic nitrogens is 3. The molecular weight excluding hydrogens is 396 g/mol. The molecule has 146 valence electrons. The van der Waals surface area contributed by atoms with Gasteiger partial charge in [0.05, 0.1) is 31.0 Å². The summed E-state index contributed by atoms with van der Waals surface area (Å²) in [5.41, 5.74) is 1.77. The maximum absolute atomic E-state index is 6.48. The lowest BCUT2D eigenvalue weighted by Crippen LogP contribution is -3.13. The molecule has 1 aliphatic rings. The molecule has 28 heavy (non-hydrogen) atoms. The number of hydrogen-bond acceptors (Lipinski definition) is 4. The fourth-order valence-electron chi connectivity index (χ4n) is 3.32. The van der Waals surface area contributed by atoms with Gasteiger partial charge in [0.15, 0.2) is 12.5 Å². The summed E-state index contributed by atoms with van der Waals surface area (Å²) in [4.78, 5) is 1.40. The third-order valence-electron chi connectivity index (χ3n) is 4.86.